The van der Waals surface area contributed by atoms with Crippen molar-refractivity contribution in [2.75, 3.05) is 40.0 Å². The summed E-state index contributed by atoms with van der Waals surface area (Å²) < 4.78 is 22.1. The second-order valence-corrected chi connectivity index (χ2v) is 8.46. The molecule has 0 aliphatic carbocycles. The largest absolute Gasteiger partial charge is 0.493 e. The van der Waals surface area contributed by atoms with Gasteiger partial charge in [-0.2, -0.15) is 5.10 Å². The molecule has 1 N–H and O–H groups in total. The maximum atomic E-state index is 12.5. The second kappa shape index (κ2) is 11.2. The Hall–Kier alpha value is -3.97. The zero-order valence-electron chi connectivity index (χ0n) is 19.1. The van der Waals surface area contributed by atoms with Gasteiger partial charge in [-0.1, -0.05) is 0 Å². The van der Waals surface area contributed by atoms with Crippen LogP contribution in [0.1, 0.15) is 16.1 Å². The molecule has 2 amide bonds. The number of furan rings is 1. The number of rotatable bonds is 8. The average Bonchev–Trinajstić information content (AvgIpc) is 3.32. The van der Waals surface area contributed by atoms with E-state index < -0.39 is 10.8 Å². The lowest BCUT2D eigenvalue weighted by Crippen LogP contribution is -2.43. The molecular weight excluding hydrogens is 540 g/mol. The number of ether oxygens (including phenoxy) is 3. The number of hydrogen-bond acceptors (Lipinski definition) is 9. The van der Waals surface area contributed by atoms with Gasteiger partial charge in [0.2, 0.25) is 0 Å². The van der Waals surface area contributed by atoms with Gasteiger partial charge in [0.1, 0.15) is 5.75 Å². The highest BCUT2D eigenvalue weighted by molar-refractivity contribution is 9.10. The van der Waals surface area contributed by atoms with Crippen molar-refractivity contribution in [3.05, 3.63) is 62.3 Å². The van der Waals surface area contributed by atoms with Crippen molar-refractivity contribution in [3.63, 3.8) is 0 Å². The summed E-state index contributed by atoms with van der Waals surface area (Å²) in [5.41, 5.74) is 3.02. The van der Waals surface area contributed by atoms with E-state index in [1.54, 1.807) is 23.1 Å². The Bertz CT molecular complexity index is 1330. The topological polar surface area (TPSA) is 146 Å². The van der Waals surface area contributed by atoms with Crippen molar-refractivity contribution < 1.29 is 33.1 Å². The van der Waals surface area contributed by atoms with Crippen LogP contribution in [0.25, 0.3) is 11.0 Å². The predicted octanol–water partition coefficient (Wildman–Crippen LogP) is 3.11. The molecule has 12 nitrogen and oxygen atoms in total. The quantitative estimate of drug-likeness (QED) is 0.251. The van der Waals surface area contributed by atoms with Crippen LogP contribution in [0.5, 0.6) is 11.5 Å². The summed E-state index contributed by atoms with van der Waals surface area (Å²) in [4.78, 5) is 36.9. The lowest BCUT2D eigenvalue weighted by atomic mass is 10.2. The highest BCUT2D eigenvalue weighted by atomic mass is 79.9. The summed E-state index contributed by atoms with van der Waals surface area (Å²) in [6.07, 6.45) is 1.42. The highest BCUT2D eigenvalue weighted by Crippen LogP contribution is 2.33. The van der Waals surface area contributed by atoms with E-state index in [2.05, 4.69) is 26.5 Å². The smallest absolute Gasteiger partial charge is 0.307 e. The minimum absolute atomic E-state index is 0.0872. The minimum atomic E-state index is -0.646. The SMILES string of the molecule is COc1cc([N+](=O)[O-])cc2cc(C(=O)N/N=C\c3ccc(OCC(=O)N4CCOCC4)c(Br)c3)oc12. The monoisotopic (exact) mass is 560 g/mol. The number of nitrogens with one attached hydrogen (secondary N) is 1. The van der Waals surface area contributed by atoms with Crippen LogP contribution >= 0.6 is 15.9 Å². The molecule has 36 heavy (non-hydrogen) atoms. The van der Waals surface area contributed by atoms with Crippen molar-refractivity contribution in [2.24, 2.45) is 5.10 Å². The Morgan fingerprint density at radius 3 is 2.69 bits per heavy atom. The van der Waals surface area contributed by atoms with Gasteiger partial charge in [0.25, 0.3) is 11.6 Å². The number of non-ortho nitro benzene ring substituents is 1. The maximum absolute atomic E-state index is 12.5. The molecule has 1 saturated heterocycles. The number of nitro benzene ring substituents is 1. The van der Waals surface area contributed by atoms with Gasteiger partial charge in [-0.3, -0.25) is 19.7 Å². The van der Waals surface area contributed by atoms with Crippen molar-refractivity contribution in [2.45, 2.75) is 0 Å². The number of halogens is 1. The summed E-state index contributed by atoms with van der Waals surface area (Å²) >= 11 is 3.41. The van der Waals surface area contributed by atoms with Crippen LogP contribution < -0.4 is 14.9 Å². The molecule has 1 aromatic heterocycles. The molecule has 0 atom stereocenters. The molecule has 0 radical (unpaired) electrons. The molecular formula is C23H21BrN4O8. The zero-order valence-corrected chi connectivity index (χ0v) is 20.6. The Morgan fingerprint density at radius 1 is 1.22 bits per heavy atom. The third-order valence-electron chi connectivity index (χ3n) is 5.27. The first-order chi connectivity index (χ1) is 17.4. The highest BCUT2D eigenvalue weighted by Gasteiger charge is 2.20. The molecule has 188 valence electrons. The fraction of sp³-hybridized carbons (Fsp3) is 0.261. The van der Waals surface area contributed by atoms with Crippen LogP contribution in [0.2, 0.25) is 0 Å². The van der Waals surface area contributed by atoms with Gasteiger partial charge in [0.15, 0.2) is 23.7 Å². The molecule has 0 bridgehead atoms. The van der Waals surface area contributed by atoms with E-state index in [0.717, 1.165) is 0 Å². The van der Waals surface area contributed by atoms with E-state index in [1.165, 1.54) is 31.5 Å². The number of benzene rings is 2. The first-order valence-electron chi connectivity index (χ1n) is 10.7. The Balaban J connectivity index is 1.37. The number of fused-ring (bicyclic) bond motifs is 1. The lowest BCUT2D eigenvalue weighted by molar-refractivity contribution is -0.384. The van der Waals surface area contributed by atoms with Gasteiger partial charge in [-0.15, -0.1) is 0 Å². The Kier molecular flexibility index (Phi) is 7.80. The van der Waals surface area contributed by atoms with Crippen molar-refractivity contribution in [3.8, 4) is 11.5 Å². The number of nitro groups is 1. The van der Waals surface area contributed by atoms with Crippen LogP contribution in [0.3, 0.4) is 0 Å². The molecule has 4 rings (SSSR count). The maximum Gasteiger partial charge on any atom is 0.307 e. The van der Waals surface area contributed by atoms with E-state index in [9.17, 15) is 19.7 Å². The van der Waals surface area contributed by atoms with Gasteiger partial charge in [-0.25, -0.2) is 5.43 Å². The van der Waals surface area contributed by atoms with Crippen LogP contribution in [-0.4, -0.2) is 67.9 Å². The number of methoxy groups -OCH3 is 1. The number of amides is 2. The van der Waals surface area contributed by atoms with Gasteiger partial charge in [0, 0.05) is 24.5 Å². The summed E-state index contributed by atoms with van der Waals surface area (Å²) in [7, 11) is 1.35. The van der Waals surface area contributed by atoms with E-state index in [1.807, 2.05) is 0 Å². The second-order valence-electron chi connectivity index (χ2n) is 7.60. The van der Waals surface area contributed by atoms with Crippen LogP contribution in [0.4, 0.5) is 5.69 Å². The first kappa shape index (κ1) is 25.1. The predicted molar refractivity (Wildman–Crippen MR) is 132 cm³/mol. The van der Waals surface area contributed by atoms with Crippen LogP contribution in [-0.2, 0) is 9.53 Å². The summed E-state index contributed by atoms with van der Waals surface area (Å²) in [6, 6.07) is 8.98. The average molecular weight is 561 g/mol. The van der Waals surface area contributed by atoms with E-state index in [4.69, 9.17) is 18.6 Å². The van der Waals surface area contributed by atoms with Crippen molar-refractivity contribution in [1.82, 2.24) is 10.3 Å². The molecule has 0 spiro atoms. The summed E-state index contributed by atoms with van der Waals surface area (Å²) in [5, 5.41) is 15.4. The lowest BCUT2D eigenvalue weighted by Gasteiger charge is -2.26. The molecule has 0 saturated carbocycles. The van der Waals surface area contributed by atoms with Crippen LogP contribution in [0.15, 0.2) is 50.4 Å². The van der Waals surface area contributed by atoms with E-state index in [-0.39, 0.29) is 35.3 Å². The van der Waals surface area contributed by atoms with Gasteiger partial charge in [-0.05, 0) is 45.8 Å². The van der Waals surface area contributed by atoms with Crippen molar-refractivity contribution in [1.29, 1.82) is 0 Å². The minimum Gasteiger partial charge on any atom is -0.493 e. The number of nitrogens with zero attached hydrogens (tertiary/aromatic N) is 3. The molecule has 2 heterocycles. The molecule has 1 aliphatic heterocycles. The van der Waals surface area contributed by atoms with Crippen molar-refractivity contribution >= 4 is 50.6 Å². The zero-order chi connectivity index (χ0) is 25.7. The fourth-order valence-corrected chi connectivity index (χ4v) is 3.96. The number of hydrazone groups is 1. The van der Waals surface area contributed by atoms with Gasteiger partial charge >= 0.3 is 5.91 Å². The Morgan fingerprint density at radius 2 is 2.00 bits per heavy atom. The van der Waals surface area contributed by atoms with E-state index in [0.29, 0.717) is 47.5 Å². The standard InChI is InChI=1S/C23H21BrN4O8/c1-33-19-11-16(28(31)32)9-15-10-20(36-22(15)19)23(30)26-25-12-14-2-3-18(17(24)8-14)35-13-21(29)27-4-6-34-7-5-27/h2-3,8-12H,4-7,13H2,1H3,(H,26,30)/b25-12-. The molecule has 3 aromatic rings. The number of morpholine rings is 1. The molecule has 1 aliphatic rings. The molecule has 0 unspecified atom stereocenters. The number of hydrogen-bond donors (Lipinski definition) is 1. The molecule has 13 heteroatoms. The van der Waals surface area contributed by atoms with Gasteiger partial charge < -0.3 is 23.5 Å². The number of carbonyl (C=O) groups excluding carboxylic acids is 2. The summed E-state index contributed by atoms with van der Waals surface area (Å²) in [6.45, 7) is 2.05. The Labute approximate surface area is 213 Å². The third kappa shape index (κ3) is 5.80. The molecule has 1 fully saturated rings. The van der Waals surface area contributed by atoms with E-state index >= 15 is 0 Å². The summed E-state index contributed by atoms with van der Waals surface area (Å²) in [5.74, 6) is -0.219. The third-order valence-corrected chi connectivity index (χ3v) is 5.89. The molecule has 2 aromatic carbocycles. The van der Waals surface area contributed by atoms with Gasteiger partial charge in [0.05, 0.1) is 42.0 Å². The fourth-order valence-electron chi connectivity index (χ4n) is 3.45. The normalized spacial score (nSPS) is 13.7. The number of carbonyl (C=O) groups is 2. The van der Waals surface area contributed by atoms with Crippen LogP contribution in [0, 0.1) is 10.1 Å². The first-order valence-corrected chi connectivity index (χ1v) is 11.5.